The largest absolute Gasteiger partial charge is 0.379 e. The van der Waals surface area contributed by atoms with Gasteiger partial charge in [0.2, 0.25) is 0 Å². The van der Waals surface area contributed by atoms with E-state index in [-0.39, 0.29) is 5.91 Å². The number of fused-ring (bicyclic) bond motifs is 1. The van der Waals surface area contributed by atoms with Crippen molar-refractivity contribution in [1.29, 1.82) is 0 Å². The molecular formula is C24H28ClN3O2S. The van der Waals surface area contributed by atoms with Gasteiger partial charge in [0.15, 0.2) is 5.13 Å². The number of benzene rings is 2. The van der Waals surface area contributed by atoms with Gasteiger partial charge in [-0.15, -0.1) is 0 Å². The number of carbonyl (C=O) groups excluding carboxylic acids is 1. The molecule has 0 atom stereocenters. The van der Waals surface area contributed by atoms with Gasteiger partial charge in [-0.3, -0.25) is 14.6 Å². The number of aryl methyl sites for hydroxylation is 3. The molecule has 0 saturated carbocycles. The van der Waals surface area contributed by atoms with Gasteiger partial charge in [0, 0.05) is 31.7 Å². The molecule has 7 heteroatoms. The lowest BCUT2D eigenvalue weighted by molar-refractivity contribution is 0.0376. The summed E-state index contributed by atoms with van der Waals surface area (Å²) in [5, 5.41) is 1.38. The van der Waals surface area contributed by atoms with Crippen molar-refractivity contribution in [2.45, 2.75) is 27.2 Å². The summed E-state index contributed by atoms with van der Waals surface area (Å²) in [6, 6.07) is 9.76. The van der Waals surface area contributed by atoms with Crippen LogP contribution in [0.2, 0.25) is 5.02 Å². The van der Waals surface area contributed by atoms with Crippen LogP contribution in [0, 0.1) is 20.8 Å². The third-order valence-corrected chi connectivity index (χ3v) is 7.41. The molecule has 3 aromatic rings. The number of anilines is 1. The van der Waals surface area contributed by atoms with Crippen LogP contribution in [0.25, 0.3) is 10.2 Å². The highest BCUT2D eigenvalue weighted by molar-refractivity contribution is 7.23. The highest BCUT2D eigenvalue weighted by Gasteiger charge is 2.23. The van der Waals surface area contributed by atoms with Crippen molar-refractivity contribution in [3.63, 3.8) is 0 Å². The van der Waals surface area contributed by atoms with Gasteiger partial charge in [-0.1, -0.05) is 35.1 Å². The van der Waals surface area contributed by atoms with Crippen molar-refractivity contribution in [2.75, 3.05) is 44.3 Å². The molecule has 0 bridgehead atoms. The molecule has 0 N–H and O–H groups in total. The quantitative estimate of drug-likeness (QED) is 0.507. The van der Waals surface area contributed by atoms with E-state index in [0.717, 1.165) is 60.6 Å². The molecule has 1 amide bonds. The average Bonchev–Trinajstić information content (AvgIpc) is 3.23. The highest BCUT2D eigenvalue weighted by Crippen LogP contribution is 2.36. The Bertz CT molecular complexity index is 1050. The summed E-state index contributed by atoms with van der Waals surface area (Å²) in [4.78, 5) is 22.6. The van der Waals surface area contributed by atoms with Crippen molar-refractivity contribution in [1.82, 2.24) is 9.88 Å². The molecule has 5 nitrogen and oxygen atoms in total. The lowest BCUT2D eigenvalue weighted by Crippen LogP contribution is -2.39. The van der Waals surface area contributed by atoms with Crippen molar-refractivity contribution < 1.29 is 9.53 Å². The Morgan fingerprint density at radius 3 is 2.58 bits per heavy atom. The number of ether oxygens (including phenoxy) is 1. The first-order valence-corrected chi connectivity index (χ1v) is 11.9. The van der Waals surface area contributed by atoms with Crippen LogP contribution >= 0.6 is 22.9 Å². The molecule has 1 aromatic heterocycles. The second kappa shape index (κ2) is 9.65. The van der Waals surface area contributed by atoms with Crippen molar-refractivity contribution in [3.8, 4) is 0 Å². The van der Waals surface area contributed by atoms with Crippen LogP contribution in [0.5, 0.6) is 0 Å². The maximum absolute atomic E-state index is 13.6. The minimum absolute atomic E-state index is 0.0158. The molecule has 0 unspecified atom stereocenters. The molecular weight excluding hydrogens is 430 g/mol. The van der Waals surface area contributed by atoms with Gasteiger partial charge in [-0.2, -0.15) is 0 Å². The smallest absolute Gasteiger partial charge is 0.260 e. The summed E-state index contributed by atoms with van der Waals surface area (Å²) >= 11 is 7.93. The molecule has 164 valence electrons. The number of thiazole rings is 1. The van der Waals surface area contributed by atoms with E-state index in [1.807, 2.05) is 49.1 Å². The second-order valence-corrected chi connectivity index (χ2v) is 9.49. The third kappa shape index (κ3) is 4.93. The zero-order chi connectivity index (χ0) is 22.0. The summed E-state index contributed by atoms with van der Waals surface area (Å²) in [5.74, 6) is -0.0158. The minimum Gasteiger partial charge on any atom is -0.379 e. The van der Waals surface area contributed by atoms with Crippen LogP contribution < -0.4 is 4.90 Å². The maximum Gasteiger partial charge on any atom is 0.260 e. The fourth-order valence-corrected chi connectivity index (χ4v) is 5.14. The number of aromatic nitrogens is 1. The van der Waals surface area contributed by atoms with Gasteiger partial charge < -0.3 is 4.74 Å². The molecule has 1 fully saturated rings. The molecule has 1 saturated heterocycles. The van der Waals surface area contributed by atoms with Crippen molar-refractivity contribution in [3.05, 3.63) is 57.6 Å². The van der Waals surface area contributed by atoms with E-state index in [1.54, 1.807) is 0 Å². The fourth-order valence-electron chi connectivity index (χ4n) is 3.80. The number of carbonyl (C=O) groups is 1. The Balaban J connectivity index is 1.63. The molecule has 4 rings (SSSR count). The van der Waals surface area contributed by atoms with Gasteiger partial charge in [0.1, 0.15) is 0 Å². The maximum atomic E-state index is 13.6. The Morgan fingerprint density at radius 1 is 1.13 bits per heavy atom. The van der Waals surface area contributed by atoms with Crippen LogP contribution in [0.3, 0.4) is 0 Å². The number of morpholine rings is 1. The van der Waals surface area contributed by atoms with Crippen LogP contribution in [0.15, 0.2) is 30.3 Å². The fraction of sp³-hybridized carbons (Fsp3) is 0.417. The molecule has 2 aromatic carbocycles. The number of hydrogen-bond acceptors (Lipinski definition) is 5. The topological polar surface area (TPSA) is 45.7 Å². The SMILES string of the molecule is Cc1ccc(C(=O)N(CCCN2CCOCC2)c2nc3c(C)ccc(Cl)c3s2)cc1C. The monoisotopic (exact) mass is 457 g/mol. The van der Waals surface area contributed by atoms with Crippen molar-refractivity contribution in [2.24, 2.45) is 0 Å². The summed E-state index contributed by atoms with van der Waals surface area (Å²) in [6.07, 6.45) is 0.874. The van der Waals surface area contributed by atoms with Crippen LogP contribution in [-0.2, 0) is 4.74 Å². The third-order valence-electron chi connectivity index (χ3n) is 5.88. The summed E-state index contributed by atoms with van der Waals surface area (Å²) in [6.45, 7) is 11.1. The number of hydrogen-bond donors (Lipinski definition) is 0. The Kier molecular flexibility index (Phi) is 6.92. The zero-order valence-corrected chi connectivity index (χ0v) is 19.9. The molecule has 0 aliphatic carbocycles. The normalized spacial score (nSPS) is 14.8. The second-order valence-electron chi connectivity index (χ2n) is 8.10. The molecule has 2 heterocycles. The van der Waals surface area contributed by atoms with Gasteiger partial charge in [0.25, 0.3) is 5.91 Å². The highest BCUT2D eigenvalue weighted by atomic mass is 35.5. The predicted octanol–water partition coefficient (Wildman–Crippen LogP) is 5.24. The minimum atomic E-state index is -0.0158. The van der Waals surface area contributed by atoms with Crippen LogP contribution in [0.4, 0.5) is 5.13 Å². The lowest BCUT2D eigenvalue weighted by Gasteiger charge is -2.27. The van der Waals surface area contributed by atoms with E-state index in [0.29, 0.717) is 22.3 Å². The van der Waals surface area contributed by atoms with E-state index < -0.39 is 0 Å². The summed E-state index contributed by atoms with van der Waals surface area (Å²) in [5.41, 5.74) is 4.92. The number of rotatable bonds is 6. The Morgan fingerprint density at radius 2 is 1.87 bits per heavy atom. The Labute approximate surface area is 192 Å². The first kappa shape index (κ1) is 22.2. The molecule has 31 heavy (non-hydrogen) atoms. The number of halogens is 1. The standard InChI is InChI=1S/C24H28ClN3O2S/c1-16-5-7-19(15-18(16)3)23(29)28(10-4-9-27-11-13-30-14-12-27)24-26-21-17(2)6-8-20(25)22(21)31-24/h5-8,15H,4,9-14H2,1-3H3. The van der Waals surface area contributed by atoms with E-state index in [9.17, 15) is 4.79 Å². The van der Waals surface area contributed by atoms with E-state index in [1.165, 1.54) is 16.9 Å². The van der Waals surface area contributed by atoms with Gasteiger partial charge >= 0.3 is 0 Å². The average molecular weight is 458 g/mol. The zero-order valence-electron chi connectivity index (χ0n) is 18.3. The van der Waals surface area contributed by atoms with E-state index >= 15 is 0 Å². The van der Waals surface area contributed by atoms with Crippen LogP contribution in [-0.4, -0.2) is 55.2 Å². The molecule has 0 radical (unpaired) electrons. The van der Waals surface area contributed by atoms with Gasteiger partial charge in [-0.05, 0) is 62.1 Å². The van der Waals surface area contributed by atoms with Crippen LogP contribution in [0.1, 0.15) is 33.5 Å². The summed E-state index contributed by atoms with van der Waals surface area (Å²) < 4.78 is 6.38. The number of nitrogens with zero attached hydrogens (tertiary/aromatic N) is 3. The number of amides is 1. The molecule has 0 spiro atoms. The molecule has 1 aliphatic rings. The van der Waals surface area contributed by atoms with E-state index in [4.69, 9.17) is 21.3 Å². The lowest BCUT2D eigenvalue weighted by atomic mass is 10.1. The first-order chi connectivity index (χ1) is 14.9. The Hall–Kier alpha value is -1.99. The van der Waals surface area contributed by atoms with E-state index in [2.05, 4.69) is 11.8 Å². The van der Waals surface area contributed by atoms with Gasteiger partial charge in [0.05, 0.1) is 28.5 Å². The molecule has 1 aliphatic heterocycles. The van der Waals surface area contributed by atoms with Gasteiger partial charge in [-0.25, -0.2) is 4.98 Å². The van der Waals surface area contributed by atoms with Crippen molar-refractivity contribution >= 4 is 44.2 Å². The summed E-state index contributed by atoms with van der Waals surface area (Å²) in [7, 11) is 0. The predicted molar refractivity (Wildman–Crippen MR) is 129 cm³/mol. The first-order valence-electron chi connectivity index (χ1n) is 10.7.